The summed E-state index contributed by atoms with van der Waals surface area (Å²) in [6, 6.07) is 5.68. The maximum Gasteiger partial charge on any atom is 0.273 e. The molecule has 1 saturated heterocycles. The molecule has 0 spiro atoms. The maximum absolute atomic E-state index is 11.0. The minimum Gasteiger partial charge on any atom is -0.385 e. The van der Waals surface area contributed by atoms with Gasteiger partial charge >= 0.3 is 0 Å². The number of benzene rings is 1. The van der Waals surface area contributed by atoms with Crippen LogP contribution in [0.25, 0.3) is 0 Å². The van der Waals surface area contributed by atoms with E-state index in [0.29, 0.717) is 6.04 Å². The SMILES string of the molecule is CCNc1cc(N2CCSCC2C)cc([N+](=O)[O-])c1. The van der Waals surface area contributed by atoms with Crippen molar-refractivity contribution in [3.63, 3.8) is 0 Å². The molecule has 1 N–H and O–H groups in total. The predicted molar refractivity (Wildman–Crippen MR) is 81.4 cm³/mol. The molecule has 1 heterocycles. The third-order valence-electron chi connectivity index (χ3n) is 3.19. The zero-order valence-electron chi connectivity index (χ0n) is 11.3. The molecular formula is C13H19N3O2S. The van der Waals surface area contributed by atoms with Crippen molar-refractivity contribution in [2.45, 2.75) is 19.9 Å². The first kappa shape index (κ1) is 14.0. The topological polar surface area (TPSA) is 58.4 Å². The van der Waals surface area contributed by atoms with Crippen molar-refractivity contribution >= 4 is 28.8 Å². The second-order valence-electron chi connectivity index (χ2n) is 4.64. The Kier molecular flexibility index (Phi) is 4.52. The standard InChI is InChI=1S/C13H19N3O2S/c1-3-14-11-6-12(8-13(7-11)16(17)18)15-4-5-19-9-10(15)2/h6-8,10,14H,3-5,9H2,1-2H3. The van der Waals surface area contributed by atoms with Crippen LogP contribution in [-0.2, 0) is 0 Å². The molecule has 104 valence electrons. The van der Waals surface area contributed by atoms with Gasteiger partial charge in [-0.2, -0.15) is 11.8 Å². The van der Waals surface area contributed by atoms with Crippen molar-refractivity contribution in [1.82, 2.24) is 0 Å². The third-order valence-corrected chi connectivity index (χ3v) is 4.38. The van der Waals surface area contributed by atoms with Gasteiger partial charge < -0.3 is 10.2 Å². The smallest absolute Gasteiger partial charge is 0.273 e. The van der Waals surface area contributed by atoms with E-state index in [9.17, 15) is 10.1 Å². The number of nitrogens with one attached hydrogen (secondary N) is 1. The molecule has 1 aromatic carbocycles. The lowest BCUT2D eigenvalue weighted by Crippen LogP contribution is -2.40. The lowest BCUT2D eigenvalue weighted by Gasteiger charge is -2.35. The van der Waals surface area contributed by atoms with Crippen LogP contribution in [0.15, 0.2) is 18.2 Å². The Labute approximate surface area is 117 Å². The van der Waals surface area contributed by atoms with Gasteiger partial charge in [-0.15, -0.1) is 0 Å². The Morgan fingerprint density at radius 3 is 2.95 bits per heavy atom. The minimum absolute atomic E-state index is 0.152. The summed E-state index contributed by atoms with van der Waals surface area (Å²) in [5.74, 6) is 2.14. The number of hydrogen-bond donors (Lipinski definition) is 1. The number of nitro benzene ring substituents is 1. The number of rotatable bonds is 4. The van der Waals surface area contributed by atoms with Crippen molar-refractivity contribution < 1.29 is 4.92 Å². The van der Waals surface area contributed by atoms with Gasteiger partial charge in [-0.25, -0.2) is 0 Å². The first-order valence-electron chi connectivity index (χ1n) is 6.49. The second-order valence-corrected chi connectivity index (χ2v) is 5.79. The van der Waals surface area contributed by atoms with E-state index in [1.165, 1.54) is 0 Å². The highest BCUT2D eigenvalue weighted by molar-refractivity contribution is 7.99. The number of nitro groups is 1. The summed E-state index contributed by atoms with van der Waals surface area (Å²) in [5, 5.41) is 14.2. The molecule has 1 aliphatic heterocycles. The fraction of sp³-hybridized carbons (Fsp3) is 0.538. The van der Waals surface area contributed by atoms with E-state index in [-0.39, 0.29) is 10.6 Å². The van der Waals surface area contributed by atoms with E-state index >= 15 is 0 Å². The Balaban J connectivity index is 2.34. The van der Waals surface area contributed by atoms with Crippen molar-refractivity contribution in [2.75, 3.05) is 34.8 Å². The first-order chi connectivity index (χ1) is 9.11. The molecule has 1 aromatic rings. The van der Waals surface area contributed by atoms with Crippen LogP contribution in [0.1, 0.15) is 13.8 Å². The molecule has 0 aromatic heterocycles. The van der Waals surface area contributed by atoms with Crippen molar-refractivity contribution in [3.8, 4) is 0 Å². The molecule has 0 saturated carbocycles. The van der Waals surface area contributed by atoms with Crippen LogP contribution in [0.3, 0.4) is 0 Å². The Hall–Kier alpha value is -1.43. The van der Waals surface area contributed by atoms with Gasteiger partial charge in [-0.05, 0) is 19.9 Å². The summed E-state index contributed by atoms with van der Waals surface area (Å²) < 4.78 is 0. The van der Waals surface area contributed by atoms with E-state index in [4.69, 9.17) is 0 Å². The highest BCUT2D eigenvalue weighted by atomic mass is 32.2. The van der Waals surface area contributed by atoms with Crippen LogP contribution < -0.4 is 10.2 Å². The molecule has 0 aliphatic carbocycles. The monoisotopic (exact) mass is 281 g/mol. The summed E-state index contributed by atoms with van der Waals surface area (Å²) in [6.07, 6.45) is 0. The molecule has 6 heteroatoms. The molecule has 1 aliphatic rings. The molecule has 1 fully saturated rings. The van der Waals surface area contributed by atoms with Gasteiger partial charge in [0, 0.05) is 54.1 Å². The van der Waals surface area contributed by atoms with E-state index in [2.05, 4.69) is 17.1 Å². The molecular weight excluding hydrogens is 262 g/mol. The largest absolute Gasteiger partial charge is 0.385 e. The second kappa shape index (κ2) is 6.14. The van der Waals surface area contributed by atoms with E-state index in [1.54, 1.807) is 12.1 Å². The summed E-state index contributed by atoms with van der Waals surface area (Å²) in [7, 11) is 0. The first-order valence-corrected chi connectivity index (χ1v) is 7.65. The highest BCUT2D eigenvalue weighted by Crippen LogP contribution is 2.30. The quantitative estimate of drug-likeness (QED) is 0.679. The van der Waals surface area contributed by atoms with E-state index < -0.39 is 0 Å². The van der Waals surface area contributed by atoms with Gasteiger partial charge in [0.1, 0.15) is 0 Å². The van der Waals surface area contributed by atoms with Crippen LogP contribution in [0, 0.1) is 10.1 Å². The van der Waals surface area contributed by atoms with Crippen molar-refractivity contribution in [2.24, 2.45) is 0 Å². The van der Waals surface area contributed by atoms with Crippen LogP contribution in [-0.4, -0.2) is 35.6 Å². The van der Waals surface area contributed by atoms with Crippen molar-refractivity contribution in [1.29, 1.82) is 0 Å². The predicted octanol–water partition coefficient (Wildman–Crippen LogP) is 2.97. The summed E-state index contributed by atoms with van der Waals surface area (Å²) in [4.78, 5) is 13.0. The van der Waals surface area contributed by atoms with Gasteiger partial charge in [-0.1, -0.05) is 0 Å². The number of nitrogens with zero attached hydrogens (tertiary/aromatic N) is 2. The zero-order chi connectivity index (χ0) is 13.8. The molecule has 0 amide bonds. The Morgan fingerprint density at radius 2 is 2.32 bits per heavy atom. The lowest BCUT2D eigenvalue weighted by atomic mass is 10.2. The van der Waals surface area contributed by atoms with Crippen LogP contribution in [0.4, 0.5) is 17.1 Å². The normalized spacial score (nSPS) is 19.3. The molecule has 0 bridgehead atoms. The number of anilines is 2. The van der Waals surface area contributed by atoms with Crippen molar-refractivity contribution in [3.05, 3.63) is 28.3 Å². The molecule has 19 heavy (non-hydrogen) atoms. The Morgan fingerprint density at radius 1 is 1.53 bits per heavy atom. The van der Waals surface area contributed by atoms with Crippen LogP contribution >= 0.6 is 11.8 Å². The maximum atomic E-state index is 11.0. The molecule has 1 atom stereocenters. The van der Waals surface area contributed by atoms with Gasteiger partial charge in [0.2, 0.25) is 0 Å². The van der Waals surface area contributed by atoms with Crippen LogP contribution in [0.5, 0.6) is 0 Å². The van der Waals surface area contributed by atoms with Gasteiger partial charge in [0.05, 0.1) is 4.92 Å². The summed E-state index contributed by atoms with van der Waals surface area (Å²) >= 11 is 1.94. The van der Waals surface area contributed by atoms with E-state index in [1.807, 2.05) is 24.8 Å². The summed E-state index contributed by atoms with van der Waals surface area (Å²) in [6.45, 7) is 5.85. The number of hydrogen-bond acceptors (Lipinski definition) is 5. The van der Waals surface area contributed by atoms with Crippen LogP contribution in [0.2, 0.25) is 0 Å². The van der Waals surface area contributed by atoms with Gasteiger partial charge in [0.25, 0.3) is 5.69 Å². The highest BCUT2D eigenvalue weighted by Gasteiger charge is 2.21. The number of thioether (sulfide) groups is 1. The zero-order valence-corrected chi connectivity index (χ0v) is 12.1. The fourth-order valence-electron chi connectivity index (χ4n) is 2.28. The average molecular weight is 281 g/mol. The molecule has 1 unspecified atom stereocenters. The average Bonchev–Trinajstić information content (AvgIpc) is 2.39. The third kappa shape index (κ3) is 3.32. The molecule has 0 radical (unpaired) electrons. The number of non-ortho nitro benzene ring substituents is 1. The van der Waals surface area contributed by atoms with Gasteiger partial charge in [0.15, 0.2) is 0 Å². The fourth-order valence-corrected chi connectivity index (χ4v) is 3.30. The lowest BCUT2D eigenvalue weighted by molar-refractivity contribution is -0.384. The molecule has 2 rings (SSSR count). The van der Waals surface area contributed by atoms with E-state index in [0.717, 1.165) is 36.0 Å². The molecule has 5 nitrogen and oxygen atoms in total. The summed E-state index contributed by atoms with van der Waals surface area (Å²) in [5.41, 5.74) is 1.91. The minimum atomic E-state index is -0.326. The Bertz CT molecular complexity index is 467. The van der Waals surface area contributed by atoms with Gasteiger partial charge in [-0.3, -0.25) is 10.1 Å².